The molecule has 368 valence electrons. The molecular weight excluding hydrogens is 1100 g/mol. The van der Waals surface area contributed by atoms with Crippen LogP contribution in [0.5, 0.6) is 0 Å². The van der Waals surface area contributed by atoms with Crippen LogP contribution in [0.3, 0.4) is 0 Å². The molecule has 9 unspecified atom stereocenters. The third kappa shape index (κ3) is 37.0. The standard InChI is InChI=1S/3C16H35O3P.2Nd/c3*1-5-9-11-14(7-3)13-16(20(17,18)19)15(8-4)12-10-6-2;;/h3*14-16H,5-13H2,1-4H3,(H2,17,18,19);;/q;;;2*+3/p-6. The van der Waals surface area contributed by atoms with Crippen LogP contribution in [-0.4, -0.2) is 17.0 Å². The Hall–Kier alpha value is 3.15. The summed E-state index contributed by atoms with van der Waals surface area (Å²) in [6, 6.07) is 0. The number of hydrogen-bond acceptors (Lipinski definition) is 9. The Morgan fingerprint density at radius 2 is 0.484 bits per heavy atom. The van der Waals surface area contributed by atoms with Crippen LogP contribution in [0.1, 0.15) is 256 Å². The van der Waals surface area contributed by atoms with Crippen LogP contribution in [0.2, 0.25) is 0 Å². The van der Waals surface area contributed by atoms with Gasteiger partial charge < -0.3 is 43.1 Å². The summed E-state index contributed by atoms with van der Waals surface area (Å²) in [4.78, 5) is 70.2. The van der Waals surface area contributed by atoms with Crippen LogP contribution in [-0.2, 0) is 13.7 Å². The smallest absolute Gasteiger partial charge is 0.811 e. The summed E-state index contributed by atoms with van der Waals surface area (Å²) < 4.78 is 35.1. The van der Waals surface area contributed by atoms with Crippen molar-refractivity contribution in [2.24, 2.45) is 35.5 Å². The second-order valence-corrected chi connectivity index (χ2v) is 23.4. The molecule has 0 heterocycles. The van der Waals surface area contributed by atoms with Gasteiger partial charge in [-0.05, 0) is 91.0 Å². The monoisotopic (exact) mass is 1200 g/mol. The van der Waals surface area contributed by atoms with Crippen molar-refractivity contribution in [1.29, 1.82) is 0 Å². The van der Waals surface area contributed by atoms with E-state index in [0.717, 1.165) is 154 Å². The van der Waals surface area contributed by atoms with E-state index in [1.807, 2.05) is 20.8 Å². The van der Waals surface area contributed by atoms with E-state index in [-0.39, 0.29) is 99.4 Å². The van der Waals surface area contributed by atoms with E-state index in [9.17, 15) is 43.1 Å². The summed E-state index contributed by atoms with van der Waals surface area (Å²) in [5, 5.41) is 0. The molecule has 62 heavy (non-hydrogen) atoms. The van der Waals surface area contributed by atoms with Crippen molar-refractivity contribution >= 4 is 22.8 Å². The molecule has 0 spiro atoms. The van der Waals surface area contributed by atoms with Gasteiger partial charge in [0.2, 0.25) is 0 Å². The minimum atomic E-state index is -4.49. The molecule has 2 radical (unpaired) electrons. The van der Waals surface area contributed by atoms with Gasteiger partial charge in [0.05, 0.1) is 0 Å². The molecule has 14 heteroatoms. The van der Waals surface area contributed by atoms with Crippen LogP contribution >= 0.6 is 22.8 Å². The average Bonchev–Trinajstić information content (AvgIpc) is 3.19. The van der Waals surface area contributed by atoms with Crippen molar-refractivity contribution in [3.8, 4) is 0 Å². The van der Waals surface area contributed by atoms with E-state index in [1.165, 1.54) is 0 Å². The zero-order valence-electron chi connectivity index (χ0n) is 42.3. The summed E-state index contributed by atoms with van der Waals surface area (Å²) in [6.07, 6.45) is 25.7. The molecule has 0 aromatic heterocycles. The normalized spacial score (nSPS) is 16.4. The van der Waals surface area contributed by atoms with Gasteiger partial charge in [0, 0.05) is 0 Å². The Bertz CT molecular complexity index is 971. The minimum absolute atomic E-state index is 0. The van der Waals surface area contributed by atoms with Gasteiger partial charge in [-0.15, -0.1) is 0 Å². The Morgan fingerprint density at radius 1 is 0.306 bits per heavy atom. The largest absolute Gasteiger partial charge is 3.00 e. The van der Waals surface area contributed by atoms with Crippen LogP contribution in [0, 0.1) is 117 Å². The van der Waals surface area contributed by atoms with Gasteiger partial charge in [-0.3, -0.25) is 0 Å². The first-order valence-electron chi connectivity index (χ1n) is 25.3. The first-order chi connectivity index (χ1) is 28.2. The van der Waals surface area contributed by atoms with E-state index in [2.05, 4.69) is 62.3 Å². The van der Waals surface area contributed by atoms with E-state index < -0.39 is 39.8 Å². The van der Waals surface area contributed by atoms with E-state index in [1.54, 1.807) is 0 Å². The molecule has 0 aromatic rings. The predicted molar refractivity (Wildman–Crippen MR) is 248 cm³/mol. The number of hydrogen-bond donors (Lipinski definition) is 0. The second kappa shape index (κ2) is 45.3. The maximum atomic E-state index is 11.7. The molecule has 0 fully saturated rings. The maximum absolute atomic E-state index is 11.7. The van der Waals surface area contributed by atoms with Crippen LogP contribution in [0.15, 0.2) is 0 Å². The molecule has 9 nitrogen and oxygen atoms in total. The summed E-state index contributed by atoms with van der Waals surface area (Å²) in [5.41, 5.74) is -1.96. The number of rotatable bonds is 36. The first kappa shape index (κ1) is 74.1. The molecule has 9 atom stereocenters. The maximum Gasteiger partial charge on any atom is 3.00 e. The predicted octanol–water partition coefficient (Wildman–Crippen LogP) is 12.3. The second-order valence-electron chi connectivity index (χ2n) is 18.2. The fraction of sp³-hybridized carbons (Fsp3) is 1.00. The third-order valence-electron chi connectivity index (χ3n) is 13.6. The Kier molecular flexibility index (Phi) is 54.1. The van der Waals surface area contributed by atoms with Crippen molar-refractivity contribution in [2.75, 3.05) is 0 Å². The zero-order chi connectivity index (χ0) is 46.8. The molecule has 0 aliphatic rings. The average molecular weight is 1200 g/mol. The number of unbranched alkanes of at least 4 members (excludes halogenated alkanes) is 6. The molecule has 0 saturated heterocycles. The topological polar surface area (TPSA) is 190 Å². The van der Waals surface area contributed by atoms with Crippen LogP contribution in [0.4, 0.5) is 0 Å². The molecule has 0 saturated carbocycles. The molecular formula is C48H99Nd2O9P3. The van der Waals surface area contributed by atoms with Gasteiger partial charge in [-0.25, -0.2) is 0 Å². The minimum Gasteiger partial charge on any atom is -0.811 e. The molecule has 0 aliphatic heterocycles. The summed E-state index contributed by atoms with van der Waals surface area (Å²) in [7, 11) is -13.5. The van der Waals surface area contributed by atoms with Gasteiger partial charge in [0.1, 0.15) is 0 Å². The van der Waals surface area contributed by atoms with Gasteiger partial charge in [-0.1, -0.05) is 241 Å². The van der Waals surface area contributed by atoms with Crippen molar-refractivity contribution in [3.05, 3.63) is 0 Å². The van der Waals surface area contributed by atoms with Crippen molar-refractivity contribution < 1.29 is 125 Å². The quantitative estimate of drug-likeness (QED) is 0.0550. The Balaban J connectivity index is -0.000000258. The van der Waals surface area contributed by atoms with E-state index in [4.69, 9.17) is 0 Å². The van der Waals surface area contributed by atoms with Crippen LogP contribution < -0.4 is 29.4 Å². The van der Waals surface area contributed by atoms with Gasteiger partial charge in [0.25, 0.3) is 0 Å². The summed E-state index contributed by atoms with van der Waals surface area (Å²) in [6.45, 7) is 25.1. The SMILES string of the molecule is CCCCC(CC)CC(C(CC)CCCC)P(=O)([O-])[O-].CCCCC(CC)CC(C(CC)CCCC)P(=O)([O-])[O-].CCCCC(CC)CC(C(CC)CCCC)P(=O)([O-])[O-].[Nd+3].[Nd+3]. The van der Waals surface area contributed by atoms with Gasteiger partial charge in [-0.2, -0.15) is 0 Å². The summed E-state index contributed by atoms with van der Waals surface area (Å²) in [5.74, 6) is 1.29. The zero-order valence-corrected chi connectivity index (χ0v) is 51.4. The van der Waals surface area contributed by atoms with Crippen LogP contribution in [0.25, 0.3) is 0 Å². The molecule has 0 bridgehead atoms. The first-order valence-corrected chi connectivity index (χ1v) is 30.1. The van der Waals surface area contributed by atoms with Crippen molar-refractivity contribution in [2.45, 2.75) is 273 Å². The van der Waals surface area contributed by atoms with E-state index in [0.29, 0.717) is 37.0 Å². The summed E-state index contributed by atoms with van der Waals surface area (Å²) >= 11 is 0. The fourth-order valence-electron chi connectivity index (χ4n) is 9.11. The molecule has 0 rings (SSSR count). The molecule has 0 aliphatic carbocycles. The van der Waals surface area contributed by atoms with Crippen molar-refractivity contribution in [1.82, 2.24) is 0 Å². The Morgan fingerprint density at radius 3 is 0.613 bits per heavy atom. The Labute approximate surface area is 451 Å². The molecule has 0 N–H and O–H groups in total. The third-order valence-corrected chi connectivity index (χ3v) is 17.9. The van der Waals surface area contributed by atoms with Gasteiger partial charge >= 0.3 is 81.7 Å². The van der Waals surface area contributed by atoms with Crippen molar-refractivity contribution in [3.63, 3.8) is 0 Å². The molecule has 0 aromatic carbocycles. The fourth-order valence-corrected chi connectivity index (χ4v) is 13.4. The van der Waals surface area contributed by atoms with Gasteiger partial charge in [0.15, 0.2) is 0 Å². The molecule has 0 amide bonds. The van der Waals surface area contributed by atoms with E-state index >= 15 is 0 Å².